The monoisotopic (exact) mass is 340 g/mol. The molecule has 0 fully saturated rings. The predicted octanol–water partition coefficient (Wildman–Crippen LogP) is 2.31. The van der Waals surface area contributed by atoms with E-state index < -0.39 is 16.0 Å². The predicted molar refractivity (Wildman–Crippen MR) is 90.9 cm³/mol. The summed E-state index contributed by atoms with van der Waals surface area (Å²) < 4.78 is 33.3. The highest BCUT2D eigenvalue weighted by molar-refractivity contribution is 7.90. The summed E-state index contributed by atoms with van der Waals surface area (Å²) in [5.41, 5.74) is 0.579. The number of methoxy groups -OCH3 is 1. The first kappa shape index (κ1) is 16.0. The quantitative estimate of drug-likeness (QED) is 0.803. The summed E-state index contributed by atoms with van der Waals surface area (Å²) in [4.78, 5) is 0.123. The van der Waals surface area contributed by atoms with E-state index in [-0.39, 0.29) is 10.6 Å². The van der Waals surface area contributed by atoms with Crippen molar-refractivity contribution in [2.24, 2.45) is 4.40 Å². The van der Waals surface area contributed by atoms with Gasteiger partial charge in [0.1, 0.15) is 0 Å². The molecule has 0 heterocycles. The van der Waals surface area contributed by atoms with Gasteiger partial charge in [-0.1, -0.05) is 42.5 Å². The Morgan fingerprint density at radius 2 is 1.67 bits per heavy atom. The van der Waals surface area contributed by atoms with E-state index in [4.69, 9.17) is 0 Å². The van der Waals surface area contributed by atoms with E-state index in [1.165, 1.54) is 37.5 Å². The Bertz CT molecular complexity index is 996. The van der Waals surface area contributed by atoms with Crippen LogP contribution in [0.4, 0.5) is 0 Å². The second kappa shape index (κ2) is 6.33. The van der Waals surface area contributed by atoms with Gasteiger partial charge in [-0.15, -0.1) is 0 Å². The first-order valence-electron chi connectivity index (χ1n) is 7.15. The molecule has 0 aliphatic heterocycles. The van der Waals surface area contributed by atoms with Gasteiger partial charge in [-0.25, -0.2) is 0 Å². The lowest BCUT2D eigenvalue weighted by molar-refractivity contribution is -0.354. The van der Waals surface area contributed by atoms with E-state index >= 15 is 0 Å². The van der Waals surface area contributed by atoms with Crippen molar-refractivity contribution in [2.45, 2.75) is 4.90 Å². The fraction of sp³-hybridized carbons (Fsp3) is 0.0556. The Labute approximate surface area is 140 Å². The third kappa shape index (κ3) is 3.23. The molecular weight excluding hydrogens is 326 g/mol. The third-order valence-electron chi connectivity index (χ3n) is 3.53. The average Bonchev–Trinajstić information content (AvgIpc) is 2.61. The van der Waals surface area contributed by atoms with Crippen molar-refractivity contribution >= 4 is 26.5 Å². The normalized spacial score (nSPS) is 14.0. The maximum absolute atomic E-state index is 12.5. The Morgan fingerprint density at radius 3 is 2.33 bits per heavy atom. The molecule has 0 radical (unpaired) electrons. The van der Waals surface area contributed by atoms with E-state index in [0.29, 0.717) is 5.57 Å². The Morgan fingerprint density at radius 1 is 1.00 bits per heavy atom. The highest BCUT2D eigenvalue weighted by Gasteiger charge is 2.14. The van der Waals surface area contributed by atoms with Crippen LogP contribution in [0.15, 0.2) is 87.6 Å². The lowest BCUT2D eigenvalue weighted by Crippen LogP contribution is -2.10. The zero-order valence-electron chi connectivity index (χ0n) is 12.8. The second-order valence-electron chi connectivity index (χ2n) is 5.11. The van der Waals surface area contributed by atoms with Crippen LogP contribution >= 0.6 is 0 Å². The Balaban J connectivity index is 1.95. The highest BCUT2D eigenvalue weighted by atomic mass is 32.2. The number of benzene rings is 2. The minimum absolute atomic E-state index is 0.123. The summed E-state index contributed by atoms with van der Waals surface area (Å²) in [5, 5.41) is 13.2. The summed E-state index contributed by atoms with van der Waals surface area (Å²) in [6.07, 6.45) is 5.87. The van der Waals surface area contributed by atoms with Gasteiger partial charge in [-0.3, -0.25) is 0 Å². The fourth-order valence-corrected chi connectivity index (χ4v) is 3.32. The van der Waals surface area contributed by atoms with Crippen molar-refractivity contribution in [3.8, 4) is 0 Å². The molecule has 0 spiro atoms. The second-order valence-corrected chi connectivity index (χ2v) is 6.72. The molecule has 0 atom stereocenters. The van der Waals surface area contributed by atoms with Gasteiger partial charge in [0.25, 0.3) is 10.0 Å². The summed E-state index contributed by atoms with van der Waals surface area (Å²) in [5.74, 6) is -0.487. The largest absolute Gasteiger partial charge is 0.616 e. The molecule has 2 aromatic rings. The van der Waals surface area contributed by atoms with Gasteiger partial charge in [0, 0.05) is 0 Å². The van der Waals surface area contributed by atoms with E-state index in [9.17, 15) is 13.5 Å². The molecule has 0 aromatic heterocycles. The van der Waals surface area contributed by atoms with E-state index in [1.807, 2.05) is 24.3 Å². The molecule has 0 bridgehead atoms. The van der Waals surface area contributed by atoms with Crippen LogP contribution in [0.25, 0.3) is 10.8 Å². The van der Waals surface area contributed by atoms with Crippen LogP contribution in [-0.2, 0) is 14.8 Å². The van der Waals surface area contributed by atoms with E-state index in [1.54, 1.807) is 12.1 Å². The molecule has 0 N–H and O–H groups in total. The van der Waals surface area contributed by atoms with Crippen molar-refractivity contribution < 1.29 is 18.3 Å². The maximum atomic E-state index is 12.5. The summed E-state index contributed by atoms with van der Waals surface area (Å²) in [6, 6.07) is 12.4. The first-order valence-corrected chi connectivity index (χ1v) is 8.59. The van der Waals surface area contributed by atoms with Crippen LogP contribution in [0.5, 0.6) is 0 Å². The van der Waals surface area contributed by atoms with Crippen molar-refractivity contribution in [1.29, 1.82) is 0 Å². The molecule has 0 unspecified atom stereocenters. The van der Waals surface area contributed by atoms with Crippen LogP contribution in [0.3, 0.4) is 0 Å². The van der Waals surface area contributed by atoms with Gasteiger partial charge in [-0.05, 0) is 47.7 Å². The Hall–Kier alpha value is -2.86. The van der Waals surface area contributed by atoms with Crippen molar-refractivity contribution in [3.63, 3.8) is 0 Å². The first-order chi connectivity index (χ1) is 11.5. The molecule has 6 heteroatoms. The molecule has 0 saturated heterocycles. The zero-order chi connectivity index (χ0) is 17.2. The van der Waals surface area contributed by atoms with Gasteiger partial charge in [0.05, 0.1) is 16.6 Å². The topological polar surface area (TPSA) is 78.8 Å². The summed E-state index contributed by atoms with van der Waals surface area (Å²) >= 11 is 0. The molecule has 3 rings (SSSR count). The highest BCUT2D eigenvalue weighted by Crippen LogP contribution is 2.21. The molecule has 0 amide bonds. The molecule has 5 nitrogen and oxygen atoms in total. The third-order valence-corrected chi connectivity index (χ3v) is 4.83. The number of sulfonamides is 1. The molecule has 0 saturated carbocycles. The van der Waals surface area contributed by atoms with Gasteiger partial charge in [0.15, 0.2) is 0 Å². The van der Waals surface area contributed by atoms with Crippen molar-refractivity contribution in [3.05, 3.63) is 78.3 Å². The van der Waals surface area contributed by atoms with Gasteiger partial charge in [0.2, 0.25) is 0 Å². The van der Waals surface area contributed by atoms with E-state index in [2.05, 4.69) is 9.13 Å². The molecule has 24 heavy (non-hydrogen) atoms. The van der Waals surface area contributed by atoms with Crippen LogP contribution < -0.4 is 5.11 Å². The van der Waals surface area contributed by atoms with Crippen molar-refractivity contribution in [1.82, 2.24) is 0 Å². The molecule has 122 valence electrons. The Kier molecular flexibility index (Phi) is 4.22. The minimum atomic E-state index is -3.83. The van der Waals surface area contributed by atoms with E-state index in [0.717, 1.165) is 10.8 Å². The number of hydrogen-bond donors (Lipinski definition) is 0. The number of fused-ring (bicyclic) bond motifs is 1. The maximum Gasteiger partial charge on any atom is 0.282 e. The molecular formula is C18H14NO4S-. The minimum Gasteiger partial charge on any atom is -0.616 e. The molecule has 1 aliphatic carbocycles. The number of allylic oxidation sites excluding steroid dienone is 5. The smallest absolute Gasteiger partial charge is 0.282 e. The van der Waals surface area contributed by atoms with Crippen LogP contribution in [0.2, 0.25) is 0 Å². The molecule has 2 aromatic carbocycles. The van der Waals surface area contributed by atoms with Gasteiger partial charge >= 0.3 is 0 Å². The fourth-order valence-electron chi connectivity index (χ4n) is 2.30. The zero-order valence-corrected chi connectivity index (χ0v) is 13.7. The van der Waals surface area contributed by atoms with Gasteiger partial charge < -0.3 is 9.84 Å². The van der Waals surface area contributed by atoms with Crippen LogP contribution in [0.1, 0.15) is 0 Å². The lowest BCUT2D eigenvalue weighted by atomic mass is 10.1. The summed E-state index contributed by atoms with van der Waals surface area (Å²) in [7, 11) is -2.55. The van der Waals surface area contributed by atoms with Gasteiger partial charge in [-0.2, -0.15) is 12.8 Å². The number of ether oxygens (including phenoxy) is 1. The number of rotatable bonds is 3. The summed E-state index contributed by atoms with van der Waals surface area (Å²) in [6.45, 7) is 0. The SMILES string of the molecule is COC([O-])=C1C=CC(=NS(=O)(=O)c2ccc3ccccc3c2)C=C1. The number of nitrogens with zero attached hydrogens (tertiary/aromatic N) is 1. The number of hydrogen-bond acceptors (Lipinski definition) is 4. The van der Waals surface area contributed by atoms with Crippen molar-refractivity contribution in [2.75, 3.05) is 7.11 Å². The van der Waals surface area contributed by atoms with Crippen LogP contribution in [0, 0.1) is 0 Å². The molecule has 1 aliphatic rings. The lowest BCUT2D eigenvalue weighted by Gasteiger charge is -2.13. The average molecular weight is 340 g/mol. The standard InChI is InChI=1S/C18H15NO4S/c1-23-18(20)14-6-9-16(10-7-14)19-24(21,22)17-11-8-13-4-2-3-5-15(13)12-17/h2-12,20H,1H3/p-1. The van der Waals surface area contributed by atoms with Crippen LogP contribution in [-0.4, -0.2) is 21.2 Å².